The summed E-state index contributed by atoms with van der Waals surface area (Å²) in [6.45, 7) is 5.13. The summed E-state index contributed by atoms with van der Waals surface area (Å²) in [6, 6.07) is 1.98. The van der Waals surface area contributed by atoms with Crippen molar-refractivity contribution < 1.29 is 9.47 Å². The molecule has 0 saturated carbocycles. The highest BCUT2D eigenvalue weighted by Crippen LogP contribution is 2.15. The zero-order chi connectivity index (χ0) is 11.6. The van der Waals surface area contributed by atoms with Gasteiger partial charge in [-0.15, -0.1) is 0 Å². The van der Waals surface area contributed by atoms with E-state index < -0.39 is 0 Å². The van der Waals surface area contributed by atoms with Crippen LogP contribution in [-0.2, 0) is 11.3 Å². The Kier molecular flexibility index (Phi) is 6.53. The van der Waals surface area contributed by atoms with Crippen molar-refractivity contribution in [2.75, 3.05) is 26.9 Å². The molecule has 0 unspecified atom stereocenters. The predicted octanol–water partition coefficient (Wildman–Crippen LogP) is 1.61. The summed E-state index contributed by atoms with van der Waals surface area (Å²) in [7, 11) is 1.66. The minimum atomic E-state index is 0.559. The minimum absolute atomic E-state index is 0.559. The summed E-state index contributed by atoms with van der Waals surface area (Å²) < 4.78 is 10.5. The van der Waals surface area contributed by atoms with Gasteiger partial charge in [0.2, 0.25) is 0 Å². The van der Waals surface area contributed by atoms with E-state index in [9.17, 15) is 0 Å². The van der Waals surface area contributed by atoms with Crippen molar-refractivity contribution in [2.24, 2.45) is 0 Å². The van der Waals surface area contributed by atoms with E-state index in [0.717, 1.165) is 30.8 Å². The maximum atomic E-state index is 5.58. The van der Waals surface area contributed by atoms with Gasteiger partial charge in [0, 0.05) is 25.4 Å². The van der Waals surface area contributed by atoms with E-state index in [1.54, 1.807) is 19.5 Å². The first-order valence-corrected chi connectivity index (χ1v) is 5.63. The number of ether oxygens (including phenoxy) is 2. The Balaban J connectivity index is 2.46. The second-order valence-electron chi connectivity index (χ2n) is 3.50. The Bertz CT molecular complexity index is 263. The van der Waals surface area contributed by atoms with Gasteiger partial charge in [0.1, 0.15) is 12.4 Å². The third kappa shape index (κ3) is 4.59. The van der Waals surface area contributed by atoms with Crippen molar-refractivity contribution in [3.05, 3.63) is 24.0 Å². The number of aromatic nitrogens is 1. The fourth-order valence-electron chi connectivity index (χ4n) is 1.32. The lowest BCUT2D eigenvalue weighted by atomic mass is 10.2. The fraction of sp³-hybridized carbons (Fsp3) is 0.583. The SMILES string of the molecule is CCCNCc1ccncc1OCCOC. The Hall–Kier alpha value is -1.13. The molecule has 1 aromatic heterocycles. The average Bonchev–Trinajstić information content (AvgIpc) is 2.32. The van der Waals surface area contributed by atoms with Crippen molar-refractivity contribution in [3.63, 3.8) is 0 Å². The van der Waals surface area contributed by atoms with Gasteiger partial charge in [-0.05, 0) is 19.0 Å². The van der Waals surface area contributed by atoms with Crippen LogP contribution in [0.5, 0.6) is 5.75 Å². The molecule has 0 aromatic carbocycles. The second kappa shape index (κ2) is 8.07. The smallest absolute Gasteiger partial charge is 0.142 e. The number of rotatable bonds is 8. The number of nitrogens with one attached hydrogen (secondary N) is 1. The summed E-state index contributed by atoms with van der Waals surface area (Å²) in [4.78, 5) is 4.06. The molecule has 0 fully saturated rings. The van der Waals surface area contributed by atoms with Crippen molar-refractivity contribution in [3.8, 4) is 5.75 Å². The molecule has 1 N–H and O–H groups in total. The van der Waals surface area contributed by atoms with Crippen molar-refractivity contribution >= 4 is 0 Å². The second-order valence-corrected chi connectivity index (χ2v) is 3.50. The topological polar surface area (TPSA) is 43.4 Å². The van der Waals surface area contributed by atoms with Crippen LogP contribution >= 0.6 is 0 Å². The number of methoxy groups -OCH3 is 1. The third-order valence-corrected chi connectivity index (χ3v) is 2.16. The molecule has 0 aliphatic carbocycles. The molecule has 0 bridgehead atoms. The lowest BCUT2D eigenvalue weighted by Gasteiger charge is -2.10. The van der Waals surface area contributed by atoms with Crippen molar-refractivity contribution in [1.82, 2.24) is 10.3 Å². The Morgan fingerprint density at radius 2 is 2.25 bits per heavy atom. The largest absolute Gasteiger partial charge is 0.489 e. The normalized spacial score (nSPS) is 10.4. The maximum absolute atomic E-state index is 5.58. The van der Waals surface area contributed by atoms with Crippen LogP contribution < -0.4 is 10.1 Å². The number of pyridine rings is 1. The fourth-order valence-corrected chi connectivity index (χ4v) is 1.32. The van der Waals surface area contributed by atoms with Crippen LogP contribution in [0.4, 0.5) is 0 Å². The molecular weight excluding hydrogens is 204 g/mol. The van der Waals surface area contributed by atoms with Gasteiger partial charge in [-0.25, -0.2) is 0 Å². The molecule has 1 rings (SSSR count). The van der Waals surface area contributed by atoms with E-state index in [1.165, 1.54) is 0 Å². The lowest BCUT2D eigenvalue weighted by Crippen LogP contribution is -2.15. The first-order valence-electron chi connectivity index (χ1n) is 5.63. The first kappa shape index (κ1) is 12.9. The summed E-state index contributed by atoms with van der Waals surface area (Å²) in [6.07, 6.45) is 4.66. The monoisotopic (exact) mass is 224 g/mol. The van der Waals surface area contributed by atoms with E-state index in [0.29, 0.717) is 13.2 Å². The molecule has 1 aromatic rings. The van der Waals surface area contributed by atoms with Crippen LogP contribution in [0.3, 0.4) is 0 Å². The van der Waals surface area contributed by atoms with E-state index >= 15 is 0 Å². The zero-order valence-electron chi connectivity index (χ0n) is 10.0. The quantitative estimate of drug-likeness (QED) is 0.681. The maximum Gasteiger partial charge on any atom is 0.142 e. The zero-order valence-corrected chi connectivity index (χ0v) is 10.0. The van der Waals surface area contributed by atoms with Gasteiger partial charge in [0.15, 0.2) is 0 Å². The van der Waals surface area contributed by atoms with Crippen LogP contribution in [0, 0.1) is 0 Å². The van der Waals surface area contributed by atoms with Gasteiger partial charge < -0.3 is 14.8 Å². The van der Waals surface area contributed by atoms with Gasteiger partial charge >= 0.3 is 0 Å². The predicted molar refractivity (Wildman–Crippen MR) is 63.6 cm³/mol. The molecule has 0 spiro atoms. The highest BCUT2D eigenvalue weighted by atomic mass is 16.5. The standard InChI is InChI=1S/C12H20N2O2/c1-3-5-13-9-11-4-6-14-10-12(11)16-8-7-15-2/h4,6,10,13H,3,5,7-9H2,1-2H3. The molecule has 16 heavy (non-hydrogen) atoms. The van der Waals surface area contributed by atoms with Gasteiger partial charge in [-0.3, -0.25) is 4.98 Å². The van der Waals surface area contributed by atoms with Crippen LogP contribution in [-0.4, -0.2) is 31.9 Å². The van der Waals surface area contributed by atoms with E-state index in [-0.39, 0.29) is 0 Å². The number of nitrogens with zero attached hydrogens (tertiary/aromatic N) is 1. The molecule has 1 heterocycles. The Morgan fingerprint density at radius 1 is 1.38 bits per heavy atom. The first-order chi connectivity index (χ1) is 7.88. The van der Waals surface area contributed by atoms with Crippen molar-refractivity contribution in [1.29, 1.82) is 0 Å². The summed E-state index contributed by atoms with van der Waals surface area (Å²) in [5.74, 6) is 0.836. The molecule has 0 aliphatic rings. The Morgan fingerprint density at radius 3 is 3.00 bits per heavy atom. The van der Waals surface area contributed by atoms with Crippen LogP contribution in [0.15, 0.2) is 18.5 Å². The molecule has 90 valence electrons. The van der Waals surface area contributed by atoms with Crippen LogP contribution in [0.1, 0.15) is 18.9 Å². The molecule has 0 radical (unpaired) electrons. The highest BCUT2D eigenvalue weighted by Gasteiger charge is 2.02. The van der Waals surface area contributed by atoms with E-state index in [2.05, 4.69) is 17.2 Å². The van der Waals surface area contributed by atoms with Gasteiger partial charge in [-0.1, -0.05) is 6.92 Å². The molecule has 0 saturated heterocycles. The lowest BCUT2D eigenvalue weighted by molar-refractivity contribution is 0.145. The summed E-state index contributed by atoms with van der Waals surface area (Å²) in [5, 5.41) is 3.34. The van der Waals surface area contributed by atoms with Gasteiger partial charge in [0.05, 0.1) is 12.8 Å². The molecule has 0 aliphatic heterocycles. The molecule has 4 heteroatoms. The van der Waals surface area contributed by atoms with Crippen LogP contribution in [0.25, 0.3) is 0 Å². The molecule has 4 nitrogen and oxygen atoms in total. The number of hydrogen-bond acceptors (Lipinski definition) is 4. The molecular formula is C12H20N2O2. The highest BCUT2D eigenvalue weighted by molar-refractivity contribution is 5.29. The van der Waals surface area contributed by atoms with Crippen LogP contribution in [0.2, 0.25) is 0 Å². The minimum Gasteiger partial charge on any atom is -0.489 e. The van der Waals surface area contributed by atoms with E-state index in [1.807, 2.05) is 6.07 Å². The van der Waals surface area contributed by atoms with Crippen molar-refractivity contribution in [2.45, 2.75) is 19.9 Å². The summed E-state index contributed by atoms with van der Waals surface area (Å²) >= 11 is 0. The number of hydrogen-bond donors (Lipinski definition) is 1. The molecule has 0 atom stereocenters. The van der Waals surface area contributed by atoms with E-state index in [4.69, 9.17) is 9.47 Å². The average molecular weight is 224 g/mol. The molecule has 0 amide bonds. The Labute approximate surface area is 97.0 Å². The third-order valence-electron chi connectivity index (χ3n) is 2.16. The van der Waals surface area contributed by atoms with Gasteiger partial charge in [-0.2, -0.15) is 0 Å². The van der Waals surface area contributed by atoms with Gasteiger partial charge in [0.25, 0.3) is 0 Å². The summed E-state index contributed by atoms with van der Waals surface area (Å²) in [5.41, 5.74) is 1.14.